The second-order valence-electron chi connectivity index (χ2n) is 7.89. The lowest BCUT2D eigenvalue weighted by atomic mass is 9.87. The van der Waals surface area contributed by atoms with Gasteiger partial charge in [0.25, 0.3) is 5.91 Å². The third-order valence-electron chi connectivity index (χ3n) is 4.51. The first-order valence-corrected chi connectivity index (χ1v) is 9.32. The summed E-state index contributed by atoms with van der Waals surface area (Å²) in [5.41, 5.74) is 3.66. The van der Waals surface area contributed by atoms with Gasteiger partial charge in [-0.2, -0.15) is 0 Å². The fraction of sp³-hybridized carbons (Fsp3) is 0.261. The number of hydrogen-bond donors (Lipinski definition) is 1. The molecule has 5 nitrogen and oxygen atoms in total. The molecule has 0 saturated heterocycles. The maximum Gasteiger partial charge on any atom is 0.258 e. The molecule has 0 aliphatic rings. The van der Waals surface area contributed by atoms with Crippen molar-refractivity contribution in [3.63, 3.8) is 0 Å². The Labute approximate surface area is 166 Å². The molecule has 0 aliphatic heterocycles. The van der Waals surface area contributed by atoms with Crippen LogP contribution in [0.2, 0.25) is 0 Å². The number of aromatic nitrogens is 2. The van der Waals surface area contributed by atoms with Gasteiger partial charge in [0, 0.05) is 31.7 Å². The monoisotopic (exact) mass is 374 g/mol. The summed E-state index contributed by atoms with van der Waals surface area (Å²) in [6.07, 6.45) is 3.12. The fourth-order valence-corrected chi connectivity index (χ4v) is 2.82. The summed E-state index contributed by atoms with van der Waals surface area (Å²) >= 11 is 0. The molecule has 0 fully saturated rings. The van der Waals surface area contributed by atoms with Crippen LogP contribution in [0.1, 0.15) is 42.3 Å². The average molecular weight is 374 g/mol. The molecule has 0 saturated carbocycles. The van der Waals surface area contributed by atoms with E-state index in [9.17, 15) is 4.79 Å². The third kappa shape index (κ3) is 4.94. The molecule has 1 amide bonds. The van der Waals surface area contributed by atoms with Crippen LogP contribution in [0.5, 0.6) is 0 Å². The lowest BCUT2D eigenvalue weighted by Gasteiger charge is -2.19. The van der Waals surface area contributed by atoms with E-state index in [-0.39, 0.29) is 11.3 Å². The van der Waals surface area contributed by atoms with Crippen LogP contribution in [0.3, 0.4) is 0 Å². The third-order valence-corrected chi connectivity index (χ3v) is 4.51. The highest BCUT2D eigenvalue weighted by molar-refractivity contribution is 6.03. The number of hydrogen-bond acceptors (Lipinski definition) is 4. The molecular formula is C23H26N4O. The van der Waals surface area contributed by atoms with Gasteiger partial charge >= 0.3 is 0 Å². The summed E-state index contributed by atoms with van der Waals surface area (Å²) in [6.45, 7) is 7.18. The highest BCUT2D eigenvalue weighted by Crippen LogP contribution is 2.23. The number of carbonyl (C=O) groups excluding carboxylic acids is 1. The summed E-state index contributed by atoms with van der Waals surface area (Å²) < 4.78 is 0. The molecule has 0 unspecified atom stereocenters. The van der Waals surface area contributed by atoms with Gasteiger partial charge in [-0.25, -0.2) is 9.97 Å². The van der Waals surface area contributed by atoms with Crippen LogP contribution in [0.15, 0.2) is 67.0 Å². The Balaban J connectivity index is 1.63. The van der Waals surface area contributed by atoms with Gasteiger partial charge in [-0.1, -0.05) is 63.2 Å². The van der Waals surface area contributed by atoms with Gasteiger partial charge in [0.05, 0.1) is 5.56 Å². The second kappa shape index (κ2) is 8.21. The molecule has 0 bridgehead atoms. The van der Waals surface area contributed by atoms with Crippen LogP contribution in [-0.4, -0.2) is 22.9 Å². The molecular weight excluding hydrogens is 348 g/mol. The van der Waals surface area contributed by atoms with Crippen LogP contribution in [0.25, 0.3) is 0 Å². The van der Waals surface area contributed by atoms with Crippen molar-refractivity contribution < 1.29 is 4.79 Å². The first kappa shape index (κ1) is 19.5. The van der Waals surface area contributed by atoms with Crippen LogP contribution < -0.4 is 10.2 Å². The van der Waals surface area contributed by atoms with E-state index in [4.69, 9.17) is 0 Å². The highest BCUT2D eigenvalue weighted by Gasteiger charge is 2.14. The van der Waals surface area contributed by atoms with Gasteiger partial charge < -0.3 is 10.2 Å². The van der Waals surface area contributed by atoms with Crippen molar-refractivity contribution in [2.75, 3.05) is 17.3 Å². The molecule has 3 rings (SSSR count). The number of nitrogens with one attached hydrogen (secondary N) is 1. The zero-order valence-electron chi connectivity index (χ0n) is 16.8. The minimum absolute atomic E-state index is 0.0813. The van der Waals surface area contributed by atoms with Gasteiger partial charge in [0.15, 0.2) is 0 Å². The number of carbonyl (C=O) groups is 1. The number of benzene rings is 2. The molecule has 1 aromatic heterocycles. The maximum atomic E-state index is 12.5. The van der Waals surface area contributed by atoms with E-state index in [1.165, 1.54) is 11.1 Å². The molecule has 28 heavy (non-hydrogen) atoms. The zero-order chi connectivity index (χ0) is 20.1. The lowest BCUT2D eigenvalue weighted by molar-refractivity contribution is 0.102. The first-order valence-electron chi connectivity index (χ1n) is 9.32. The van der Waals surface area contributed by atoms with Gasteiger partial charge in [-0.15, -0.1) is 0 Å². The second-order valence-corrected chi connectivity index (χ2v) is 7.89. The molecule has 5 heteroatoms. The minimum atomic E-state index is -0.222. The Morgan fingerprint density at radius 3 is 2.14 bits per heavy atom. The topological polar surface area (TPSA) is 58.1 Å². The first-order chi connectivity index (χ1) is 13.3. The van der Waals surface area contributed by atoms with Crippen molar-refractivity contribution in [1.29, 1.82) is 0 Å². The molecule has 0 aliphatic carbocycles. The number of nitrogens with zero attached hydrogens (tertiary/aromatic N) is 3. The van der Waals surface area contributed by atoms with Gasteiger partial charge in [-0.3, -0.25) is 4.79 Å². The van der Waals surface area contributed by atoms with Crippen LogP contribution in [0, 0.1) is 0 Å². The minimum Gasteiger partial charge on any atom is -0.340 e. The smallest absolute Gasteiger partial charge is 0.258 e. The highest BCUT2D eigenvalue weighted by atomic mass is 16.1. The van der Waals surface area contributed by atoms with E-state index in [1.807, 2.05) is 54.4 Å². The summed E-state index contributed by atoms with van der Waals surface area (Å²) in [5, 5.41) is 2.89. The number of amides is 1. The SMILES string of the molecule is CN(Cc1ccccc1)c1ncc(C(=O)Nc2ccc(C(C)(C)C)cc2)cn1. The molecule has 1 N–H and O–H groups in total. The molecule has 0 spiro atoms. The van der Waals surface area contributed by atoms with Crippen LogP contribution in [0.4, 0.5) is 11.6 Å². The Morgan fingerprint density at radius 2 is 1.57 bits per heavy atom. The summed E-state index contributed by atoms with van der Waals surface area (Å²) in [4.78, 5) is 23.1. The van der Waals surface area contributed by atoms with Gasteiger partial charge in [0.1, 0.15) is 0 Å². The van der Waals surface area contributed by atoms with Crippen molar-refractivity contribution >= 4 is 17.5 Å². The Hall–Kier alpha value is -3.21. The van der Waals surface area contributed by atoms with Crippen molar-refractivity contribution in [2.24, 2.45) is 0 Å². The molecule has 0 radical (unpaired) electrons. The Bertz CT molecular complexity index is 914. The number of rotatable bonds is 5. The van der Waals surface area contributed by atoms with Crippen molar-refractivity contribution in [3.05, 3.63) is 83.7 Å². The van der Waals surface area contributed by atoms with E-state index in [0.29, 0.717) is 18.1 Å². The van der Waals surface area contributed by atoms with Crippen molar-refractivity contribution in [3.8, 4) is 0 Å². The molecule has 144 valence electrons. The van der Waals surface area contributed by atoms with Crippen molar-refractivity contribution in [2.45, 2.75) is 32.7 Å². The molecule has 0 atom stereocenters. The molecule has 2 aromatic carbocycles. The summed E-state index contributed by atoms with van der Waals surface area (Å²) in [7, 11) is 1.93. The molecule has 3 aromatic rings. The van der Waals surface area contributed by atoms with E-state index < -0.39 is 0 Å². The van der Waals surface area contributed by atoms with E-state index >= 15 is 0 Å². The van der Waals surface area contributed by atoms with E-state index in [1.54, 1.807) is 12.4 Å². The van der Waals surface area contributed by atoms with Gasteiger partial charge in [-0.05, 0) is 28.7 Å². The quantitative estimate of drug-likeness (QED) is 0.705. The Kier molecular flexibility index (Phi) is 5.73. The number of anilines is 2. The predicted molar refractivity (Wildman–Crippen MR) is 114 cm³/mol. The zero-order valence-corrected chi connectivity index (χ0v) is 16.8. The lowest BCUT2D eigenvalue weighted by Crippen LogP contribution is -2.20. The van der Waals surface area contributed by atoms with Crippen molar-refractivity contribution in [1.82, 2.24) is 9.97 Å². The van der Waals surface area contributed by atoms with Crippen LogP contribution in [-0.2, 0) is 12.0 Å². The summed E-state index contributed by atoms with van der Waals surface area (Å²) in [5.74, 6) is 0.357. The van der Waals surface area contributed by atoms with E-state index in [0.717, 1.165) is 5.69 Å². The maximum absolute atomic E-state index is 12.5. The summed E-state index contributed by atoms with van der Waals surface area (Å²) in [6, 6.07) is 18.0. The molecule has 1 heterocycles. The van der Waals surface area contributed by atoms with E-state index in [2.05, 4.69) is 48.2 Å². The van der Waals surface area contributed by atoms with Crippen LogP contribution >= 0.6 is 0 Å². The largest absolute Gasteiger partial charge is 0.340 e. The normalized spacial score (nSPS) is 11.1. The Morgan fingerprint density at radius 1 is 0.964 bits per heavy atom. The fourth-order valence-electron chi connectivity index (χ4n) is 2.82. The standard InChI is InChI=1S/C23H26N4O/c1-23(2,3)19-10-12-20(13-11-19)26-21(28)18-14-24-22(25-15-18)27(4)16-17-8-6-5-7-9-17/h5-15H,16H2,1-4H3,(H,26,28). The predicted octanol–water partition coefficient (Wildman–Crippen LogP) is 4.66. The average Bonchev–Trinajstić information content (AvgIpc) is 2.68. The van der Waals surface area contributed by atoms with Gasteiger partial charge in [0.2, 0.25) is 5.95 Å².